The van der Waals surface area contributed by atoms with Crippen molar-refractivity contribution in [3.05, 3.63) is 33.9 Å². The van der Waals surface area contributed by atoms with E-state index in [2.05, 4.69) is 0 Å². The summed E-state index contributed by atoms with van der Waals surface area (Å²) in [6, 6.07) is 3.83. The monoisotopic (exact) mass is 241 g/mol. The van der Waals surface area contributed by atoms with E-state index in [1.165, 1.54) is 30.0 Å². The number of rotatable bonds is 5. The zero-order valence-electron chi connectivity index (χ0n) is 8.67. The number of carboxylic acid groups (broad SMARTS) is 1. The molecule has 5 nitrogen and oxygen atoms in total. The minimum atomic E-state index is -1.08. The van der Waals surface area contributed by atoms with Gasteiger partial charge in [0.1, 0.15) is 0 Å². The van der Waals surface area contributed by atoms with E-state index in [-0.39, 0.29) is 11.3 Å². The molecule has 0 aliphatic rings. The molecule has 0 fully saturated rings. The van der Waals surface area contributed by atoms with Gasteiger partial charge in [-0.2, -0.15) is 0 Å². The highest BCUT2D eigenvalue weighted by Crippen LogP contribution is 2.30. The zero-order valence-corrected chi connectivity index (χ0v) is 9.49. The van der Waals surface area contributed by atoms with Crippen LogP contribution in [0.15, 0.2) is 23.1 Å². The first-order valence-corrected chi connectivity index (χ1v) is 5.69. The van der Waals surface area contributed by atoms with E-state index < -0.39 is 10.9 Å². The fraction of sp³-hybridized carbons (Fsp3) is 0.300. The van der Waals surface area contributed by atoms with Crippen molar-refractivity contribution in [1.82, 2.24) is 0 Å². The highest BCUT2D eigenvalue weighted by atomic mass is 32.2. The van der Waals surface area contributed by atoms with Gasteiger partial charge in [0.25, 0.3) is 5.69 Å². The Hall–Kier alpha value is -1.56. The predicted octanol–water partition coefficient (Wildman–Crippen LogP) is 2.80. The second kappa shape index (κ2) is 5.50. The van der Waals surface area contributed by atoms with Gasteiger partial charge in [0.2, 0.25) is 0 Å². The Labute approximate surface area is 96.6 Å². The van der Waals surface area contributed by atoms with Gasteiger partial charge in [0, 0.05) is 6.07 Å². The first-order chi connectivity index (χ1) is 7.56. The van der Waals surface area contributed by atoms with Crippen molar-refractivity contribution in [1.29, 1.82) is 0 Å². The molecule has 0 radical (unpaired) electrons. The van der Waals surface area contributed by atoms with Crippen LogP contribution >= 0.6 is 11.8 Å². The van der Waals surface area contributed by atoms with Crippen LogP contribution in [0.1, 0.15) is 23.7 Å². The number of aromatic carboxylic acids is 1. The summed E-state index contributed by atoms with van der Waals surface area (Å²) in [6.07, 6.45) is 0.874. The van der Waals surface area contributed by atoms with E-state index in [0.717, 1.165) is 12.2 Å². The molecule has 0 aliphatic heterocycles. The van der Waals surface area contributed by atoms with Gasteiger partial charge in [-0.1, -0.05) is 6.92 Å². The topological polar surface area (TPSA) is 80.4 Å². The van der Waals surface area contributed by atoms with Crippen LogP contribution in [-0.4, -0.2) is 21.8 Å². The molecule has 6 heteroatoms. The van der Waals surface area contributed by atoms with Crippen LogP contribution < -0.4 is 0 Å². The van der Waals surface area contributed by atoms with E-state index in [9.17, 15) is 14.9 Å². The maximum Gasteiger partial charge on any atom is 0.335 e. The first-order valence-electron chi connectivity index (χ1n) is 4.70. The normalized spacial score (nSPS) is 10.1. The smallest absolute Gasteiger partial charge is 0.335 e. The minimum Gasteiger partial charge on any atom is -0.478 e. The van der Waals surface area contributed by atoms with Gasteiger partial charge in [0.05, 0.1) is 15.4 Å². The van der Waals surface area contributed by atoms with Gasteiger partial charge in [-0.3, -0.25) is 10.1 Å². The van der Waals surface area contributed by atoms with E-state index >= 15 is 0 Å². The first kappa shape index (κ1) is 12.5. The summed E-state index contributed by atoms with van der Waals surface area (Å²) in [5, 5.41) is 19.5. The highest BCUT2D eigenvalue weighted by molar-refractivity contribution is 7.99. The lowest BCUT2D eigenvalue weighted by molar-refractivity contribution is -0.387. The Kier molecular flexibility index (Phi) is 4.30. The van der Waals surface area contributed by atoms with Crippen molar-refractivity contribution in [2.75, 3.05) is 5.75 Å². The van der Waals surface area contributed by atoms with Gasteiger partial charge in [0.15, 0.2) is 0 Å². The molecule has 0 saturated carbocycles. The molecule has 1 aromatic carbocycles. The molecule has 1 N–H and O–H groups in total. The van der Waals surface area contributed by atoms with Crippen LogP contribution in [0.25, 0.3) is 0 Å². The Morgan fingerprint density at radius 3 is 2.75 bits per heavy atom. The van der Waals surface area contributed by atoms with Crippen LogP contribution in [0.4, 0.5) is 5.69 Å². The van der Waals surface area contributed by atoms with Gasteiger partial charge < -0.3 is 5.11 Å². The second-order valence-corrected chi connectivity index (χ2v) is 4.23. The number of hydrogen-bond acceptors (Lipinski definition) is 4. The van der Waals surface area contributed by atoms with Crippen molar-refractivity contribution in [2.45, 2.75) is 18.2 Å². The number of carbonyl (C=O) groups is 1. The maximum absolute atomic E-state index is 10.7. The average Bonchev–Trinajstić information content (AvgIpc) is 2.25. The molecule has 1 aromatic rings. The third kappa shape index (κ3) is 2.96. The molecule has 16 heavy (non-hydrogen) atoms. The molecule has 0 bridgehead atoms. The summed E-state index contributed by atoms with van der Waals surface area (Å²) in [4.78, 5) is 21.4. The van der Waals surface area contributed by atoms with Crippen molar-refractivity contribution >= 4 is 23.4 Å². The summed E-state index contributed by atoms with van der Waals surface area (Å²) in [5.74, 6) is -0.350. The summed E-state index contributed by atoms with van der Waals surface area (Å²) >= 11 is 1.30. The van der Waals surface area contributed by atoms with Gasteiger partial charge in [-0.25, -0.2) is 4.79 Å². The van der Waals surface area contributed by atoms with E-state index in [1.807, 2.05) is 6.92 Å². The number of thioether (sulfide) groups is 1. The molecule has 0 saturated heterocycles. The molecule has 0 unspecified atom stereocenters. The SMILES string of the molecule is CCCSc1cc(C(=O)O)ccc1[N+](=O)[O-]. The third-order valence-electron chi connectivity index (χ3n) is 1.87. The molecule has 0 spiro atoms. The fourth-order valence-corrected chi connectivity index (χ4v) is 2.05. The standard InChI is InChI=1S/C10H11NO4S/c1-2-5-16-9-6-7(10(12)13)3-4-8(9)11(14)15/h3-4,6H,2,5H2,1H3,(H,12,13). The number of nitro groups is 1. The average molecular weight is 241 g/mol. The van der Waals surface area contributed by atoms with Gasteiger partial charge in [-0.05, 0) is 24.3 Å². The highest BCUT2D eigenvalue weighted by Gasteiger charge is 2.16. The summed E-state index contributed by atoms with van der Waals surface area (Å²) in [6.45, 7) is 1.96. The van der Waals surface area contributed by atoms with Gasteiger partial charge in [-0.15, -0.1) is 11.8 Å². The molecule has 0 atom stereocenters. The number of benzene rings is 1. The lowest BCUT2D eigenvalue weighted by atomic mass is 10.2. The van der Waals surface area contributed by atoms with Crippen LogP contribution in [-0.2, 0) is 0 Å². The van der Waals surface area contributed by atoms with Crippen LogP contribution in [0.3, 0.4) is 0 Å². The Morgan fingerprint density at radius 2 is 2.25 bits per heavy atom. The Bertz CT molecular complexity index is 419. The molecular formula is C10H11NO4S. The maximum atomic E-state index is 10.7. The number of nitrogens with zero attached hydrogens (tertiary/aromatic N) is 1. The Balaban J connectivity index is 3.10. The largest absolute Gasteiger partial charge is 0.478 e. The Morgan fingerprint density at radius 1 is 1.56 bits per heavy atom. The van der Waals surface area contributed by atoms with Crippen LogP contribution in [0, 0.1) is 10.1 Å². The minimum absolute atomic E-state index is 0.0385. The molecule has 86 valence electrons. The summed E-state index contributed by atoms with van der Waals surface area (Å²) in [5.41, 5.74) is 0.0349. The van der Waals surface area contributed by atoms with E-state index in [4.69, 9.17) is 5.11 Å². The van der Waals surface area contributed by atoms with Crippen molar-refractivity contribution in [2.24, 2.45) is 0 Å². The number of nitro benzene ring substituents is 1. The van der Waals surface area contributed by atoms with E-state index in [1.54, 1.807) is 0 Å². The molecule has 0 aliphatic carbocycles. The fourth-order valence-electron chi connectivity index (χ4n) is 1.13. The lowest BCUT2D eigenvalue weighted by Crippen LogP contribution is -1.98. The molecule has 0 amide bonds. The van der Waals surface area contributed by atoms with Crippen molar-refractivity contribution in [3.63, 3.8) is 0 Å². The molecular weight excluding hydrogens is 230 g/mol. The quantitative estimate of drug-likeness (QED) is 0.487. The van der Waals surface area contributed by atoms with Crippen molar-refractivity contribution < 1.29 is 14.8 Å². The lowest BCUT2D eigenvalue weighted by Gasteiger charge is -2.03. The van der Waals surface area contributed by atoms with Gasteiger partial charge >= 0.3 is 5.97 Å². The molecule has 1 rings (SSSR count). The summed E-state index contributed by atoms with van der Waals surface area (Å²) < 4.78 is 0. The predicted molar refractivity (Wildman–Crippen MR) is 61.1 cm³/mol. The molecule has 0 aromatic heterocycles. The third-order valence-corrected chi connectivity index (χ3v) is 3.12. The van der Waals surface area contributed by atoms with Crippen LogP contribution in [0.5, 0.6) is 0 Å². The van der Waals surface area contributed by atoms with Crippen molar-refractivity contribution in [3.8, 4) is 0 Å². The number of carboxylic acids is 1. The zero-order chi connectivity index (χ0) is 12.1. The number of hydrogen-bond donors (Lipinski definition) is 1. The molecule has 0 heterocycles. The van der Waals surface area contributed by atoms with E-state index in [0.29, 0.717) is 4.90 Å². The van der Waals surface area contributed by atoms with Crippen LogP contribution in [0.2, 0.25) is 0 Å². The second-order valence-electron chi connectivity index (χ2n) is 3.09. The summed E-state index contributed by atoms with van der Waals surface area (Å²) in [7, 11) is 0.